The summed E-state index contributed by atoms with van der Waals surface area (Å²) in [4.78, 5) is 4.37. The average Bonchev–Trinajstić information content (AvgIpc) is 4.15. The highest BCUT2D eigenvalue weighted by molar-refractivity contribution is 6.32. The second-order valence-electron chi connectivity index (χ2n) is 22.7. The van der Waals surface area contributed by atoms with E-state index in [-0.39, 0.29) is 35.0 Å². The summed E-state index contributed by atoms with van der Waals surface area (Å²) in [6, 6.07) is 56.2. The number of rotatable bonds is 8. The first-order chi connectivity index (χ1) is 36.4. The molecular weight excluding hydrogens is 873 g/mol. The van der Waals surface area contributed by atoms with Crippen LogP contribution in [0.15, 0.2) is 182 Å². The van der Waals surface area contributed by atoms with Gasteiger partial charge in [-0.25, -0.2) is 0 Å². The van der Waals surface area contributed by atoms with Crippen molar-refractivity contribution >= 4 is 110 Å². The Labute approximate surface area is 428 Å². The van der Waals surface area contributed by atoms with Crippen molar-refractivity contribution < 1.29 is 5.48 Å². The van der Waals surface area contributed by atoms with Crippen molar-refractivity contribution in [3.8, 4) is 0 Å². The van der Waals surface area contributed by atoms with Crippen molar-refractivity contribution in [3.63, 3.8) is 0 Å². The molecule has 13 rings (SSSR count). The van der Waals surface area contributed by atoms with Gasteiger partial charge in [-0.05, 0) is 118 Å². The molecule has 4 heteroatoms. The molecular formula is C68H62N4. The van der Waals surface area contributed by atoms with Crippen LogP contribution in [0.25, 0.3) is 76.2 Å². The number of para-hydroxylation sites is 4. The summed E-state index contributed by atoms with van der Waals surface area (Å²) < 4.78 is 46.1. The maximum absolute atomic E-state index is 10.3. The first kappa shape index (κ1) is 39.8. The predicted molar refractivity (Wildman–Crippen MR) is 311 cm³/mol. The molecule has 354 valence electrons. The minimum absolute atomic E-state index is 0.152. The quantitative estimate of drug-likeness (QED) is 0.151. The van der Waals surface area contributed by atoms with Crippen molar-refractivity contribution in [3.05, 3.63) is 204 Å². The second-order valence-corrected chi connectivity index (χ2v) is 22.7. The summed E-state index contributed by atoms with van der Waals surface area (Å²) in [5.41, 5.74) is 15.0. The molecule has 0 radical (unpaired) electrons. The topological polar surface area (TPSA) is 15.3 Å². The number of fused-ring (bicyclic) bond motifs is 12. The summed E-state index contributed by atoms with van der Waals surface area (Å²) in [7, 11) is 0. The Morgan fingerprint density at radius 2 is 0.736 bits per heavy atom. The summed E-state index contributed by atoms with van der Waals surface area (Å²) >= 11 is 0. The average molecular weight is 939 g/mol. The lowest BCUT2D eigenvalue weighted by Gasteiger charge is -2.27. The highest BCUT2D eigenvalue weighted by Gasteiger charge is 2.31. The van der Waals surface area contributed by atoms with E-state index >= 15 is 0 Å². The van der Waals surface area contributed by atoms with E-state index in [2.05, 4.69) is 209 Å². The van der Waals surface area contributed by atoms with E-state index in [1.807, 2.05) is 36.4 Å². The number of anilines is 6. The Morgan fingerprint density at radius 1 is 0.375 bits per heavy atom. The van der Waals surface area contributed by atoms with Crippen LogP contribution in [0.1, 0.15) is 109 Å². The van der Waals surface area contributed by atoms with Crippen LogP contribution in [-0.4, -0.2) is 8.80 Å². The molecule has 0 saturated heterocycles. The zero-order valence-electron chi connectivity index (χ0n) is 47.0. The molecule has 0 aliphatic carbocycles. The molecule has 4 nitrogen and oxygen atoms in total. The zero-order valence-corrected chi connectivity index (χ0v) is 43.0. The van der Waals surface area contributed by atoms with E-state index in [4.69, 9.17) is 0 Å². The van der Waals surface area contributed by atoms with E-state index in [1.165, 1.54) is 11.1 Å². The molecule has 9 aromatic carbocycles. The lowest BCUT2D eigenvalue weighted by atomic mass is 9.85. The molecule has 0 bridgehead atoms. The van der Waals surface area contributed by atoms with Crippen LogP contribution in [0.5, 0.6) is 0 Å². The number of aromatic nitrogens is 2. The lowest BCUT2D eigenvalue weighted by molar-refractivity contribution is 0.594. The molecule has 0 unspecified atom stereocenters. The lowest BCUT2D eigenvalue weighted by Crippen LogP contribution is -2.12. The van der Waals surface area contributed by atoms with Crippen molar-refractivity contribution in [2.45, 2.75) is 91.9 Å². The molecule has 0 fully saturated rings. The third-order valence-corrected chi connectivity index (χ3v) is 15.4. The maximum Gasteiger partial charge on any atom is 0.0645 e. The number of hydrogen-bond donors (Lipinski definition) is 0. The van der Waals surface area contributed by atoms with Gasteiger partial charge in [-0.15, -0.1) is 0 Å². The van der Waals surface area contributed by atoms with Crippen LogP contribution in [0.4, 0.5) is 34.1 Å². The molecule has 0 amide bonds. The second kappa shape index (κ2) is 15.8. The third-order valence-electron chi connectivity index (χ3n) is 15.4. The van der Waals surface area contributed by atoms with Crippen LogP contribution in [-0.2, 0) is 10.8 Å². The van der Waals surface area contributed by atoms with Gasteiger partial charge >= 0.3 is 0 Å². The Balaban J connectivity index is 1.22. The first-order valence-electron chi connectivity index (χ1n) is 27.7. The molecule has 4 aromatic heterocycles. The molecule has 72 heavy (non-hydrogen) atoms. The van der Waals surface area contributed by atoms with Crippen LogP contribution in [0.2, 0.25) is 0 Å². The Bertz CT molecular complexity index is 4150. The molecule has 0 aliphatic rings. The summed E-state index contributed by atoms with van der Waals surface area (Å²) in [6.07, 6.45) is 0. The number of benzene rings is 9. The number of hydrogen-bond acceptors (Lipinski definition) is 2. The van der Waals surface area contributed by atoms with Gasteiger partial charge in [-0.3, -0.25) is 0 Å². The first-order valence-corrected chi connectivity index (χ1v) is 25.7. The standard InChI is InChI=1S/C68H62N4/c1-41(2)43-27-31-47(32-28-43)69(45-19-13-11-14-20-45)57-37-35-49-53-39-60-54(40-59(53)71-63-51(61(57)65(49)71)23-17-25-55(63)67(5,6)7)50-36-38-58(62-52-24-18-26-56(68(8,9)10)64(52)72(60)66(50)62)70(46-21-15-12-16-22-46)48-33-29-44(30-34-48)42(3)4/h11-42H,1-10H3/i35D,36D,37D,38D. The fourth-order valence-electron chi connectivity index (χ4n) is 11.9. The molecule has 4 heterocycles. The molecule has 0 atom stereocenters. The largest absolute Gasteiger partial charge is 0.310 e. The smallest absolute Gasteiger partial charge is 0.0645 e. The summed E-state index contributed by atoms with van der Waals surface area (Å²) in [5.74, 6) is 0.703. The SMILES string of the molecule is [2H]c1c([2H])c2c3cc4c(cc3n3c5c(C(C)(C)C)cccc5c(c1N(c1ccccc1)c1ccc(C(C)C)cc1)c23)c1c([2H])c([2H])c(N(c2ccccc2)c2ccc(C(C)C)cc2)c2c3cccc(C(C)(C)C)c3n4c12. The van der Waals surface area contributed by atoms with Gasteiger partial charge in [0.15, 0.2) is 0 Å². The molecule has 0 N–H and O–H groups in total. The maximum atomic E-state index is 10.3. The zero-order chi connectivity index (χ0) is 53.0. The summed E-state index contributed by atoms with van der Waals surface area (Å²) in [5, 5.41) is 7.12. The van der Waals surface area contributed by atoms with E-state index in [0.717, 1.165) is 110 Å². The van der Waals surface area contributed by atoms with Crippen molar-refractivity contribution in [1.29, 1.82) is 0 Å². The van der Waals surface area contributed by atoms with Gasteiger partial charge in [-0.1, -0.05) is 178 Å². The highest BCUT2D eigenvalue weighted by atomic mass is 15.2. The molecule has 0 aliphatic heterocycles. The Hall–Kier alpha value is -7.82. The molecule has 0 spiro atoms. The summed E-state index contributed by atoms with van der Waals surface area (Å²) in [6.45, 7) is 22.4. The monoisotopic (exact) mass is 939 g/mol. The minimum atomic E-state index is -0.274. The molecule has 0 saturated carbocycles. The van der Waals surface area contributed by atoms with Gasteiger partial charge in [0, 0.05) is 65.8 Å². The predicted octanol–water partition coefficient (Wildman–Crippen LogP) is 19.8. The third kappa shape index (κ3) is 6.43. The van der Waals surface area contributed by atoms with E-state index in [0.29, 0.717) is 23.2 Å². The minimum Gasteiger partial charge on any atom is -0.310 e. The fourth-order valence-corrected chi connectivity index (χ4v) is 11.9. The van der Waals surface area contributed by atoms with Gasteiger partial charge in [0.2, 0.25) is 0 Å². The van der Waals surface area contributed by atoms with Crippen LogP contribution < -0.4 is 9.80 Å². The Kier molecular flexibility index (Phi) is 8.77. The fraction of sp³-hybridized carbons (Fsp3) is 0.206. The van der Waals surface area contributed by atoms with E-state index < -0.39 is 0 Å². The van der Waals surface area contributed by atoms with Crippen molar-refractivity contribution in [2.75, 3.05) is 9.80 Å². The Morgan fingerprint density at radius 3 is 1.08 bits per heavy atom. The van der Waals surface area contributed by atoms with Crippen LogP contribution in [0, 0.1) is 0 Å². The highest BCUT2D eigenvalue weighted by Crippen LogP contribution is 2.53. The van der Waals surface area contributed by atoms with Gasteiger partial charge in [0.05, 0.1) is 50.0 Å². The van der Waals surface area contributed by atoms with Crippen LogP contribution >= 0.6 is 0 Å². The number of nitrogens with zero attached hydrogens (tertiary/aromatic N) is 4. The normalized spacial score (nSPS) is 13.6. The molecule has 13 aromatic rings. The van der Waals surface area contributed by atoms with Crippen LogP contribution in [0.3, 0.4) is 0 Å². The van der Waals surface area contributed by atoms with Crippen molar-refractivity contribution in [2.24, 2.45) is 0 Å². The van der Waals surface area contributed by atoms with Gasteiger partial charge in [0.1, 0.15) is 0 Å². The van der Waals surface area contributed by atoms with Gasteiger partial charge < -0.3 is 18.6 Å². The van der Waals surface area contributed by atoms with Gasteiger partial charge in [0.25, 0.3) is 0 Å². The van der Waals surface area contributed by atoms with E-state index in [9.17, 15) is 5.48 Å². The van der Waals surface area contributed by atoms with Crippen molar-refractivity contribution in [1.82, 2.24) is 8.80 Å². The van der Waals surface area contributed by atoms with Gasteiger partial charge in [-0.2, -0.15) is 0 Å². The van der Waals surface area contributed by atoms with E-state index in [1.54, 1.807) is 0 Å².